The predicted octanol–water partition coefficient (Wildman–Crippen LogP) is 4.35. The fourth-order valence-corrected chi connectivity index (χ4v) is 3.83. The van der Waals surface area contributed by atoms with Crippen LogP contribution in [0.15, 0.2) is 24.8 Å². The van der Waals surface area contributed by atoms with Gasteiger partial charge in [-0.3, -0.25) is 14.9 Å². The zero-order chi connectivity index (χ0) is 22.4. The van der Waals surface area contributed by atoms with E-state index >= 15 is 4.39 Å². The average molecular weight is 460 g/mol. The topological polar surface area (TPSA) is 91.2 Å². The second kappa shape index (κ2) is 8.01. The SMILES string of the molecule is CN(c1c(F)c(Cl)c(-c2cn3cc(NC=O)nc3cn2)c2cn[nH]c12)C1CC1.FC1CC1. The van der Waals surface area contributed by atoms with E-state index in [1.165, 1.54) is 6.20 Å². The summed E-state index contributed by atoms with van der Waals surface area (Å²) in [6.07, 6.45) is 10.3. The van der Waals surface area contributed by atoms with Gasteiger partial charge in [0.1, 0.15) is 11.9 Å². The summed E-state index contributed by atoms with van der Waals surface area (Å²) in [6, 6.07) is 0.312. The van der Waals surface area contributed by atoms with Crippen LogP contribution in [0.2, 0.25) is 5.02 Å². The number of H-pyrrole nitrogens is 1. The van der Waals surface area contributed by atoms with Crippen LogP contribution < -0.4 is 10.2 Å². The number of rotatable bonds is 5. The lowest BCUT2D eigenvalue weighted by atomic mass is 10.0. The number of nitrogens with zero attached hydrogens (tertiary/aromatic N) is 5. The Morgan fingerprint density at radius 2 is 2.03 bits per heavy atom. The molecule has 6 rings (SSSR count). The molecule has 8 nitrogen and oxygen atoms in total. The van der Waals surface area contributed by atoms with Gasteiger partial charge in [0.15, 0.2) is 17.3 Å². The zero-order valence-corrected chi connectivity index (χ0v) is 17.9. The molecule has 11 heteroatoms. The third kappa shape index (κ3) is 3.75. The van der Waals surface area contributed by atoms with Gasteiger partial charge in [-0.1, -0.05) is 11.6 Å². The number of aromatic amines is 1. The summed E-state index contributed by atoms with van der Waals surface area (Å²) in [6.45, 7) is 0. The summed E-state index contributed by atoms with van der Waals surface area (Å²) < 4.78 is 28.1. The monoisotopic (exact) mass is 459 g/mol. The molecule has 0 spiro atoms. The Morgan fingerprint density at radius 3 is 2.69 bits per heavy atom. The Balaban J connectivity index is 0.000000489. The zero-order valence-electron chi connectivity index (χ0n) is 17.1. The van der Waals surface area contributed by atoms with Crippen molar-refractivity contribution in [2.75, 3.05) is 17.3 Å². The molecule has 1 aromatic carbocycles. The molecule has 0 saturated heterocycles. The number of alkyl halides is 1. The van der Waals surface area contributed by atoms with E-state index in [9.17, 15) is 9.18 Å². The molecule has 3 heterocycles. The van der Waals surface area contributed by atoms with Crippen LogP contribution >= 0.6 is 11.6 Å². The number of carbonyl (C=O) groups excluding carboxylic acids is 1. The minimum Gasteiger partial charge on any atom is -0.367 e. The molecule has 1 amide bonds. The summed E-state index contributed by atoms with van der Waals surface area (Å²) in [5.74, 6) is -0.111. The van der Waals surface area contributed by atoms with Crippen molar-refractivity contribution in [2.45, 2.75) is 37.9 Å². The van der Waals surface area contributed by atoms with Gasteiger partial charge in [-0.25, -0.2) is 13.8 Å². The fourth-order valence-electron chi connectivity index (χ4n) is 3.55. The molecule has 4 aromatic rings. The van der Waals surface area contributed by atoms with Gasteiger partial charge >= 0.3 is 0 Å². The van der Waals surface area contributed by atoms with Gasteiger partial charge < -0.3 is 14.6 Å². The lowest BCUT2D eigenvalue weighted by molar-refractivity contribution is -0.105. The number of hydrogen-bond acceptors (Lipinski definition) is 5. The second-order valence-electron chi connectivity index (χ2n) is 7.95. The molecular formula is C21H20ClF2N7O. The van der Waals surface area contributed by atoms with Crippen molar-refractivity contribution in [1.29, 1.82) is 0 Å². The number of amides is 1. The first kappa shape index (κ1) is 20.6. The van der Waals surface area contributed by atoms with Crippen molar-refractivity contribution in [2.24, 2.45) is 0 Å². The highest BCUT2D eigenvalue weighted by atomic mass is 35.5. The highest BCUT2D eigenvalue weighted by Crippen LogP contribution is 2.44. The molecule has 3 aromatic heterocycles. The van der Waals surface area contributed by atoms with Crippen LogP contribution in [0.25, 0.3) is 27.8 Å². The van der Waals surface area contributed by atoms with Gasteiger partial charge in [-0.15, -0.1) is 0 Å². The van der Waals surface area contributed by atoms with Crippen LogP contribution in [0.5, 0.6) is 0 Å². The summed E-state index contributed by atoms with van der Waals surface area (Å²) in [5.41, 5.74) is 2.47. The minimum absolute atomic E-state index is 0.00500. The maximum Gasteiger partial charge on any atom is 0.212 e. The van der Waals surface area contributed by atoms with E-state index in [4.69, 9.17) is 11.6 Å². The number of imidazole rings is 1. The van der Waals surface area contributed by atoms with Gasteiger partial charge in [0.25, 0.3) is 0 Å². The molecule has 2 fully saturated rings. The maximum absolute atomic E-state index is 15.3. The quantitative estimate of drug-likeness (QED) is 0.433. The minimum atomic E-state index is -0.501. The molecule has 166 valence electrons. The molecule has 0 bridgehead atoms. The molecule has 0 atom stereocenters. The molecule has 0 unspecified atom stereocenters. The third-order valence-corrected chi connectivity index (χ3v) is 5.88. The Labute approximate surface area is 186 Å². The lowest BCUT2D eigenvalue weighted by Gasteiger charge is -2.22. The normalized spacial score (nSPS) is 15.5. The van der Waals surface area contributed by atoms with Crippen LogP contribution in [0.1, 0.15) is 25.7 Å². The number of halogens is 3. The summed E-state index contributed by atoms with van der Waals surface area (Å²) in [7, 11) is 1.86. The molecule has 0 radical (unpaired) electrons. The molecule has 32 heavy (non-hydrogen) atoms. The van der Waals surface area contributed by atoms with Gasteiger partial charge in [0.2, 0.25) is 6.41 Å². The molecule has 2 aliphatic rings. The van der Waals surface area contributed by atoms with Crippen LogP contribution in [0.3, 0.4) is 0 Å². The van der Waals surface area contributed by atoms with E-state index in [-0.39, 0.29) is 5.02 Å². The van der Waals surface area contributed by atoms with Crippen molar-refractivity contribution in [1.82, 2.24) is 24.6 Å². The molecule has 2 saturated carbocycles. The number of carbonyl (C=O) groups is 1. The van der Waals surface area contributed by atoms with Crippen LogP contribution in [0, 0.1) is 5.82 Å². The molecule has 2 aliphatic carbocycles. The Bertz CT molecular complexity index is 1310. The Kier molecular flexibility index (Phi) is 5.16. The number of anilines is 2. The first-order chi connectivity index (χ1) is 15.5. The van der Waals surface area contributed by atoms with Crippen LogP contribution in [0.4, 0.5) is 20.3 Å². The summed E-state index contributed by atoms with van der Waals surface area (Å²) in [4.78, 5) is 21.2. The molecule has 2 N–H and O–H groups in total. The van der Waals surface area contributed by atoms with Crippen molar-refractivity contribution >= 4 is 46.1 Å². The molecular weight excluding hydrogens is 440 g/mol. The second-order valence-corrected chi connectivity index (χ2v) is 8.33. The van der Waals surface area contributed by atoms with Crippen molar-refractivity contribution in [3.63, 3.8) is 0 Å². The number of hydrogen-bond donors (Lipinski definition) is 2. The average Bonchev–Trinajstić information content (AvgIpc) is 3.69. The van der Waals surface area contributed by atoms with E-state index in [1.807, 2.05) is 11.9 Å². The van der Waals surface area contributed by atoms with Crippen molar-refractivity contribution in [3.8, 4) is 11.3 Å². The van der Waals surface area contributed by atoms with Gasteiger partial charge in [0, 0.05) is 30.2 Å². The van der Waals surface area contributed by atoms with E-state index < -0.39 is 12.0 Å². The van der Waals surface area contributed by atoms with Crippen molar-refractivity contribution in [3.05, 3.63) is 35.6 Å². The largest absolute Gasteiger partial charge is 0.367 e. The van der Waals surface area contributed by atoms with Gasteiger partial charge in [-0.05, 0) is 25.7 Å². The first-order valence-corrected chi connectivity index (χ1v) is 10.6. The lowest BCUT2D eigenvalue weighted by Crippen LogP contribution is -2.21. The van der Waals surface area contributed by atoms with E-state index in [0.29, 0.717) is 51.8 Å². The number of aromatic nitrogens is 5. The van der Waals surface area contributed by atoms with Crippen LogP contribution in [-0.2, 0) is 4.79 Å². The standard InChI is InChI=1S/C18H15ClFN7O.C3H5F/c1-26(9-2-3-9)18-16(20)15(19)14(10-4-23-25-17(10)18)11-6-27-7-12(22-8-28)24-13(27)5-21-11;4-3-1-2-3/h4-9H,2-3H2,1H3,(H,22,28)(H,23,25);3H,1-2H2. The third-order valence-electron chi connectivity index (χ3n) is 5.52. The number of benzene rings is 1. The highest BCUT2D eigenvalue weighted by Gasteiger charge is 2.32. The predicted molar refractivity (Wildman–Crippen MR) is 118 cm³/mol. The number of fused-ring (bicyclic) bond motifs is 2. The van der Waals surface area contributed by atoms with Gasteiger partial charge in [-0.2, -0.15) is 5.10 Å². The summed E-state index contributed by atoms with van der Waals surface area (Å²) in [5, 5.41) is 10.2. The Hall–Kier alpha value is -3.27. The van der Waals surface area contributed by atoms with Crippen LogP contribution in [-0.4, -0.2) is 50.2 Å². The first-order valence-electron chi connectivity index (χ1n) is 10.2. The Morgan fingerprint density at radius 1 is 1.28 bits per heavy atom. The van der Waals surface area contributed by atoms with E-state index in [1.54, 1.807) is 23.0 Å². The number of nitrogens with one attached hydrogen (secondary N) is 2. The van der Waals surface area contributed by atoms with Crippen molar-refractivity contribution < 1.29 is 13.6 Å². The highest BCUT2D eigenvalue weighted by molar-refractivity contribution is 6.35. The molecule has 0 aliphatic heterocycles. The maximum atomic E-state index is 15.3. The van der Waals surface area contributed by atoms with E-state index in [0.717, 1.165) is 25.7 Å². The summed E-state index contributed by atoms with van der Waals surface area (Å²) >= 11 is 6.48. The fraction of sp³-hybridized carbons (Fsp3) is 0.333. The smallest absolute Gasteiger partial charge is 0.212 e. The van der Waals surface area contributed by atoms with Gasteiger partial charge in [0.05, 0.1) is 34.8 Å². The van der Waals surface area contributed by atoms with E-state index in [2.05, 4.69) is 25.5 Å².